The lowest BCUT2D eigenvalue weighted by Crippen LogP contribution is -2.42. The van der Waals surface area contributed by atoms with Crippen molar-refractivity contribution in [1.82, 2.24) is 19.3 Å². The number of ether oxygens (including phenoxy) is 3. The van der Waals surface area contributed by atoms with Crippen LogP contribution in [-0.4, -0.2) is 71.7 Å². The largest absolute Gasteiger partial charge is 0.495 e. The fraction of sp³-hybridized carbons (Fsp3) is 0.364. The molecule has 1 aromatic carbocycles. The lowest BCUT2D eigenvalue weighted by Gasteiger charge is -2.17. The number of aromatic nitrogens is 3. The average Bonchev–Trinajstić information content (AvgIpc) is 3.34. The zero-order chi connectivity index (χ0) is 26.0. The summed E-state index contributed by atoms with van der Waals surface area (Å²) in [5.74, 6) is 7.31. The third-order valence-electron chi connectivity index (χ3n) is 5.57. The van der Waals surface area contributed by atoms with Gasteiger partial charge in [-0.15, -0.1) is 0 Å². The monoisotopic (exact) mass is 518 g/mol. The first-order valence-electron chi connectivity index (χ1n) is 10.9. The van der Waals surface area contributed by atoms with E-state index in [1.165, 1.54) is 18.0 Å². The molecule has 14 heteroatoms. The van der Waals surface area contributed by atoms with Crippen LogP contribution in [0.3, 0.4) is 0 Å². The number of hydrogen-bond donors (Lipinski definition) is 5. The van der Waals surface area contributed by atoms with E-state index in [1.807, 2.05) is 6.92 Å². The maximum atomic E-state index is 11.2. The molecule has 2 aromatic heterocycles. The van der Waals surface area contributed by atoms with Crippen molar-refractivity contribution in [3.63, 3.8) is 0 Å². The molecule has 1 fully saturated rings. The molecule has 0 bridgehead atoms. The maximum absolute atomic E-state index is 11.2. The Hall–Kier alpha value is -3.45. The first-order chi connectivity index (χ1) is 17.1. The van der Waals surface area contributed by atoms with Gasteiger partial charge in [0.2, 0.25) is 0 Å². The van der Waals surface area contributed by atoms with Gasteiger partial charge in [-0.05, 0) is 19.1 Å². The van der Waals surface area contributed by atoms with Crippen molar-refractivity contribution in [2.45, 2.75) is 31.5 Å². The predicted molar refractivity (Wildman–Crippen MR) is 129 cm³/mol. The number of hydrogen-bond acceptors (Lipinski definition) is 10. The molecule has 3 heterocycles. The predicted octanol–water partition coefficient (Wildman–Crippen LogP) is -0.767. The second kappa shape index (κ2) is 10.3. The summed E-state index contributed by atoms with van der Waals surface area (Å²) in [6.07, 6.45) is -2.20. The Kier molecular flexibility index (Phi) is 7.31. The highest BCUT2D eigenvalue weighted by atomic mass is 32.2. The Morgan fingerprint density at radius 3 is 2.67 bits per heavy atom. The zero-order valence-electron chi connectivity index (χ0n) is 19.5. The normalized spacial score (nSPS) is 21.8. The maximum Gasteiger partial charge on any atom is 0.274 e. The quantitative estimate of drug-likeness (QED) is 0.248. The minimum absolute atomic E-state index is 0.147. The van der Waals surface area contributed by atoms with Gasteiger partial charge in [-0.25, -0.2) is 15.1 Å². The van der Waals surface area contributed by atoms with Crippen LogP contribution in [0.5, 0.6) is 11.5 Å². The molecule has 4 atom stereocenters. The van der Waals surface area contributed by atoms with Gasteiger partial charge in [-0.1, -0.05) is 17.9 Å². The molecule has 7 N–H and O–H groups in total. The van der Waals surface area contributed by atoms with E-state index in [1.54, 1.807) is 24.4 Å². The lowest BCUT2D eigenvalue weighted by atomic mass is 10.1. The third kappa shape index (κ3) is 5.07. The van der Waals surface area contributed by atoms with Crippen molar-refractivity contribution >= 4 is 27.1 Å². The van der Waals surface area contributed by atoms with Crippen LogP contribution < -0.4 is 25.1 Å². The molecule has 3 aromatic rings. The molecule has 0 radical (unpaired) electrons. The molecule has 0 unspecified atom stereocenters. The number of aliphatic hydroxyl groups excluding tert-OH is 2. The van der Waals surface area contributed by atoms with Crippen LogP contribution >= 0.6 is 0 Å². The van der Waals surface area contributed by atoms with Crippen molar-refractivity contribution in [1.29, 1.82) is 0 Å². The Balaban J connectivity index is 1.76. The standard InChI is InChI=1S/C22H26N6O7S/c1-3-34-15-6-4-5-14(33-2)13(15)8-7-12-10-28(21-17(12)20(23)25-11-26-21)22-19(30)18(29)16(35-22)9-27-36(24,31)32/h4-6,10-11,16,18-19,22,27,29-30H,3,9H2,1-2H3,(H2,23,25,26)(H2,24,31,32)/t16-,18-,19-,22-/m1/s1. The number of nitrogens with one attached hydrogen (secondary N) is 1. The summed E-state index contributed by atoms with van der Waals surface area (Å²) in [7, 11) is -2.50. The van der Waals surface area contributed by atoms with Gasteiger partial charge in [0.1, 0.15) is 53.2 Å². The van der Waals surface area contributed by atoms with E-state index in [-0.39, 0.29) is 12.4 Å². The molecular formula is C22H26N6O7S. The van der Waals surface area contributed by atoms with E-state index in [9.17, 15) is 18.6 Å². The van der Waals surface area contributed by atoms with Gasteiger partial charge in [0, 0.05) is 12.7 Å². The second-order valence-electron chi connectivity index (χ2n) is 7.86. The highest BCUT2D eigenvalue weighted by Gasteiger charge is 2.44. The first kappa shape index (κ1) is 25.6. The van der Waals surface area contributed by atoms with E-state index >= 15 is 0 Å². The highest BCUT2D eigenvalue weighted by molar-refractivity contribution is 7.87. The van der Waals surface area contributed by atoms with Crippen LogP contribution in [0.25, 0.3) is 11.0 Å². The van der Waals surface area contributed by atoms with Gasteiger partial charge in [-0.3, -0.25) is 0 Å². The highest BCUT2D eigenvalue weighted by Crippen LogP contribution is 2.35. The number of nitrogens with zero attached hydrogens (tertiary/aromatic N) is 3. The summed E-state index contributed by atoms with van der Waals surface area (Å²) in [6, 6.07) is 5.32. The van der Waals surface area contributed by atoms with Crippen LogP contribution in [-0.2, 0) is 14.9 Å². The first-order valence-corrected chi connectivity index (χ1v) is 12.4. The number of nitrogens with two attached hydrogens (primary N) is 2. The molecule has 0 aliphatic carbocycles. The minimum Gasteiger partial charge on any atom is -0.495 e. The van der Waals surface area contributed by atoms with Gasteiger partial charge in [-0.2, -0.15) is 13.1 Å². The van der Waals surface area contributed by atoms with Crippen molar-refractivity contribution in [2.24, 2.45) is 5.14 Å². The van der Waals surface area contributed by atoms with Crippen LogP contribution in [0.1, 0.15) is 24.3 Å². The number of anilines is 1. The third-order valence-corrected chi connectivity index (χ3v) is 6.13. The zero-order valence-corrected chi connectivity index (χ0v) is 20.3. The SMILES string of the molecule is CCOc1cccc(OC)c1C#Cc1cn([C@@H]2O[C@H](CNS(N)(=O)=O)[C@@H](O)[C@H]2O)c2ncnc(N)c12. The summed E-state index contributed by atoms with van der Waals surface area (Å²) in [5, 5.41) is 26.5. The van der Waals surface area contributed by atoms with E-state index in [0.717, 1.165) is 0 Å². The summed E-state index contributed by atoms with van der Waals surface area (Å²) in [4.78, 5) is 8.31. The van der Waals surface area contributed by atoms with Crippen LogP contribution in [0.4, 0.5) is 5.82 Å². The number of fused-ring (bicyclic) bond motifs is 1. The fourth-order valence-corrected chi connectivity index (χ4v) is 4.33. The van der Waals surface area contributed by atoms with E-state index in [4.69, 9.17) is 25.1 Å². The number of aliphatic hydroxyl groups is 2. The Bertz CT molecular complexity index is 1430. The second-order valence-corrected chi connectivity index (χ2v) is 9.24. The van der Waals surface area contributed by atoms with Crippen molar-refractivity contribution < 1.29 is 32.8 Å². The van der Waals surface area contributed by atoms with Crippen LogP contribution in [0, 0.1) is 11.8 Å². The fourth-order valence-electron chi connectivity index (χ4n) is 3.93. The summed E-state index contributed by atoms with van der Waals surface area (Å²) in [5.41, 5.74) is 7.38. The number of methoxy groups -OCH3 is 1. The van der Waals surface area contributed by atoms with Crippen molar-refractivity contribution in [2.75, 3.05) is 26.0 Å². The summed E-state index contributed by atoms with van der Waals surface area (Å²) >= 11 is 0. The molecule has 1 aliphatic heterocycles. The molecule has 4 rings (SSSR count). The van der Waals surface area contributed by atoms with Crippen LogP contribution in [0.15, 0.2) is 30.7 Å². The molecule has 0 saturated carbocycles. The molecule has 0 spiro atoms. The molecule has 192 valence electrons. The Morgan fingerprint density at radius 2 is 1.97 bits per heavy atom. The molecular weight excluding hydrogens is 492 g/mol. The average molecular weight is 519 g/mol. The van der Waals surface area contributed by atoms with Crippen molar-refractivity contribution in [3.8, 4) is 23.3 Å². The Labute approximate surface area is 207 Å². The minimum atomic E-state index is -4.02. The van der Waals surface area contributed by atoms with Gasteiger partial charge in [0.05, 0.1) is 24.7 Å². The number of nitrogen functional groups attached to an aromatic ring is 1. The summed E-state index contributed by atoms with van der Waals surface area (Å²) in [6.45, 7) is 1.95. The topological polar surface area (TPSA) is 197 Å². The molecule has 1 saturated heterocycles. The molecule has 36 heavy (non-hydrogen) atoms. The van der Waals surface area contributed by atoms with E-state index in [2.05, 4.69) is 26.5 Å². The summed E-state index contributed by atoms with van der Waals surface area (Å²) < 4.78 is 42.9. The van der Waals surface area contributed by atoms with Gasteiger partial charge >= 0.3 is 0 Å². The smallest absolute Gasteiger partial charge is 0.274 e. The van der Waals surface area contributed by atoms with Crippen LogP contribution in [0.2, 0.25) is 0 Å². The number of benzene rings is 1. The number of rotatable bonds is 7. The van der Waals surface area contributed by atoms with Gasteiger partial charge < -0.3 is 34.7 Å². The molecule has 0 amide bonds. The Morgan fingerprint density at radius 1 is 1.22 bits per heavy atom. The molecule has 1 aliphatic rings. The van der Waals surface area contributed by atoms with E-state index < -0.39 is 34.7 Å². The van der Waals surface area contributed by atoms with Crippen molar-refractivity contribution in [3.05, 3.63) is 41.9 Å². The van der Waals surface area contributed by atoms with Gasteiger partial charge in [0.15, 0.2) is 6.23 Å². The lowest BCUT2D eigenvalue weighted by molar-refractivity contribution is -0.0327. The van der Waals surface area contributed by atoms with Gasteiger partial charge in [0.25, 0.3) is 10.2 Å². The van der Waals surface area contributed by atoms with E-state index in [0.29, 0.717) is 40.3 Å². The molecule has 13 nitrogen and oxygen atoms in total.